The Morgan fingerprint density at radius 3 is 1.30 bits per heavy atom. The van der Waals surface area contributed by atoms with Crippen molar-refractivity contribution in [2.45, 2.75) is 98.3 Å². The average Bonchev–Trinajstić information content (AvgIpc) is 2.58. The third-order valence-electron chi connectivity index (χ3n) is 5.89. The standard InChI is InChI=1S/C27H42NOP/c1-18(2)19-12-20(25(3,4)5)15-23(13-19)30(28,29)24-16-21(26(6,7)8)14-22(17-24)27(9,10)11/h12-18H,1-11H3,(H2,28,29). The molecule has 0 heterocycles. The van der Waals surface area contributed by atoms with Crippen molar-refractivity contribution in [1.82, 2.24) is 0 Å². The van der Waals surface area contributed by atoms with Crippen molar-refractivity contribution in [1.29, 1.82) is 0 Å². The predicted molar refractivity (Wildman–Crippen MR) is 134 cm³/mol. The fourth-order valence-electron chi connectivity index (χ4n) is 3.41. The molecule has 0 amide bonds. The lowest BCUT2D eigenvalue weighted by molar-refractivity contribution is 0.568. The van der Waals surface area contributed by atoms with E-state index in [1.54, 1.807) is 0 Å². The van der Waals surface area contributed by atoms with Gasteiger partial charge in [0.15, 0.2) is 0 Å². The van der Waals surface area contributed by atoms with Crippen molar-refractivity contribution < 1.29 is 4.57 Å². The molecule has 0 saturated heterocycles. The Morgan fingerprint density at radius 2 is 0.967 bits per heavy atom. The molecule has 0 fully saturated rings. The van der Waals surface area contributed by atoms with Crippen molar-refractivity contribution in [3.63, 3.8) is 0 Å². The summed E-state index contributed by atoms with van der Waals surface area (Å²) in [5, 5.41) is 1.50. The van der Waals surface area contributed by atoms with E-state index in [1.165, 1.54) is 22.3 Å². The molecule has 2 aromatic carbocycles. The van der Waals surface area contributed by atoms with Gasteiger partial charge in [-0.1, -0.05) is 88.3 Å². The van der Waals surface area contributed by atoms with E-state index in [9.17, 15) is 4.57 Å². The van der Waals surface area contributed by atoms with E-state index in [2.05, 4.69) is 113 Å². The van der Waals surface area contributed by atoms with Crippen LogP contribution in [-0.4, -0.2) is 0 Å². The zero-order valence-electron chi connectivity index (χ0n) is 21.0. The molecule has 0 aromatic heterocycles. The van der Waals surface area contributed by atoms with Crippen LogP contribution in [0.25, 0.3) is 0 Å². The monoisotopic (exact) mass is 427 g/mol. The fraction of sp³-hybridized carbons (Fsp3) is 0.556. The smallest absolute Gasteiger partial charge is 0.202 e. The molecule has 0 aliphatic heterocycles. The fourth-order valence-corrected chi connectivity index (χ4v) is 5.04. The Bertz CT molecular complexity index is 934. The number of rotatable bonds is 3. The molecule has 1 unspecified atom stereocenters. The van der Waals surface area contributed by atoms with E-state index < -0.39 is 7.29 Å². The first kappa shape index (κ1) is 24.9. The van der Waals surface area contributed by atoms with Gasteiger partial charge in [-0.2, -0.15) is 0 Å². The zero-order chi connectivity index (χ0) is 23.3. The van der Waals surface area contributed by atoms with Crippen molar-refractivity contribution >= 4 is 17.9 Å². The van der Waals surface area contributed by atoms with Gasteiger partial charge in [0.2, 0.25) is 7.29 Å². The number of hydrogen-bond acceptors (Lipinski definition) is 1. The molecule has 2 N–H and O–H groups in total. The molecule has 30 heavy (non-hydrogen) atoms. The summed E-state index contributed by atoms with van der Waals surface area (Å²) < 4.78 is 14.2. The van der Waals surface area contributed by atoms with E-state index in [4.69, 9.17) is 5.50 Å². The minimum Gasteiger partial charge on any atom is -0.297 e. The van der Waals surface area contributed by atoms with E-state index in [1.807, 2.05) is 0 Å². The van der Waals surface area contributed by atoms with E-state index >= 15 is 0 Å². The highest BCUT2D eigenvalue weighted by molar-refractivity contribution is 7.76. The summed E-state index contributed by atoms with van der Waals surface area (Å²) in [5.74, 6) is 0.345. The second-order valence-electron chi connectivity index (χ2n) is 12.1. The van der Waals surface area contributed by atoms with Gasteiger partial charge in [0.05, 0.1) is 0 Å². The number of hydrogen-bond donors (Lipinski definition) is 1. The summed E-state index contributed by atoms with van der Waals surface area (Å²) in [7, 11) is -3.25. The molecule has 2 rings (SSSR count). The molecule has 3 heteroatoms. The highest BCUT2D eigenvalue weighted by Crippen LogP contribution is 2.40. The highest BCUT2D eigenvalue weighted by atomic mass is 31.2. The van der Waals surface area contributed by atoms with Crippen LogP contribution in [0.2, 0.25) is 0 Å². The van der Waals surface area contributed by atoms with Crippen LogP contribution in [0.4, 0.5) is 0 Å². The maximum atomic E-state index is 14.2. The lowest BCUT2D eigenvalue weighted by Crippen LogP contribution is -2.28. The normalized spacial score (nSPS) is 15.4. The third-order valence-corrected chi connectivity index (χ3v) is 7.94. The van der Waals surface area contributed by atoms with E-state index in [-0.39, 0.29) is 16.2 Å². The Balaban J connectivity index is 2.81. The Morgan fingerprint density at radius 1 is 0.633 bits per heavy atom. The Labute approximate surface area is 185 Å². The lowest BCUT2D eigenvalue weighted by Gasteiger charge is -2.28. The van der Waals surface area contributed by atoms with Gasteiger partial charge in [-0.05, 0) is 68.7 Å². The lowest BCUT2D eigenvalue weighted by atomic mass is 9.81. The number of nitrogens with two attached hydrogens (primary N) is 1. The summed E-state index contributed by atoms with van der Waals surface area (Å²) in [5.41, 5.74) is 11.3. The number of benzene rings is 2. The van der Waals surface area contributed by atoms with Crippen LogP contribution >= 0.6 is 7.29 Å². The third kappa shape index (κ3) is 5.45. The van der Waals surface area contributed by atoms with Gasteiger partial charge < -0.3 is 0 Å². The predicted octanol–water partition coefficient (Wildman–Crippen LogP) is 6.89. The van der Waals surface area contributed by atoms with Crippen LogP contribution in [-0.2, 0) is 20.8 Å². The Hall–Kier alpha value is -1.37. The van der Waals surface area contributed by atoms with Crippen molar-refractivity contribution in [3.8, 4) is 0 Å². The SMILES string of the molecule is CC(C)c1cc(C(C)(C)C)cc(P(N)(=O)c2cc(C(C)(C)C)cc(C(C)(C)C)c2)c1. The zero-order valence-corrected chi connectivity index (χ0v) is 21.9. The topological polar surface area (TPSA) is 43.1 Å². The molecule has 0 bridgehead atoms. The van der Waals surface area contributed by atoms with E-state index in [0.717, 1.165) is 10.6 Å². The van der Waals surface area contributed by atoms with Gasteiger partial charge in [-0.25, -0.2) is 0 Å². The van der Waals surface area contributed by atoms with E-state index in [0.29, 0.717) is 5.92 Å². The molecule has 0 aliphatic rings. The molecule has 2 nitrogen and oxygen atoms in total. The molecule has 0 spiro atoms. The molecule has 0 aliphatic carbocycles. The van der Waals surface area contributed by atoms with Gasteiger partial charge in [0, 0.05) is 10.6 Å². The van der Waals surface area contributed by atoms with Crippen molar-refractivity contribution in [2.75, 3.05) is 0 Å². The first-order valence-electron chi connectivity index (χ1n) is 11.0. The van der Waals surface area contributed by atoms with Gasteiger partial charge in [0.1, 0.15) is 0 Å². The van der Waals surface area contributed by atoms with Crippen LogP contribution in [0.1, 0.15) is 104 Å². The van der Waals surface area contributed by atoms with Crippen LogP contribution in [0, 0.1) is 0 Å². The maximum Gasteiger partial charge on any atom is 0.202 e. The van der Waals surface area contributed by atoms with Crippen LogP contribution in [0.3, 0.4) is 0 Å². The molecule has 0 saturated carbocycles. The summed E-state index contributed by atoms with van der Waals surface area (Å²) >= 11 is 0. The van der Waals surface area contributed by atoms with Gasteiger partial charge in [0.25, 0.3) is 0 Å². The minimum atomic E-state index is -3.25. The second-order valence-corrected chi connectivity index (χ2v) is 14.5. The first-order chi connectivity index (χ1) is 13.3. The molecule has 1 atom stereocenters. The van der Waals surface area contributed by atoms with Crippen molar-refractivity contribution in [2.24, 2.45) is 5.50 Å². The van der Waals surface area contributed by atoms with Crippen LogP contribution < -0.4 is 16.1 Å². The molecular formula is C27H42NOP. The summed E-state index contributed by atoms with van der Waals surface area (Å²) in [6, 6.07) is 12.7. The average molecular weight is 428 g/mol. The maximum absolute atomic E-state index is 14.2. The molecular weight excluding hydrogens is 385 g/mol. The molecule has 166 valence electrons. The molecule has 0 radical (unpaired) electrons. The largest absolute Gasteiger partial charge is 0.297 e. The summed E-state index contributed by atoms with van der Waals surface area (Å²) in [6.07, 6.45) is 0. The van der Waals surface area contributed by atoms with Crippen LogP contribution in [0.15, 0.2) is 36.4 Å². The van der Waals surface area contributed by atoms with Gasteiger partial charge in [-0.3, -0.25) is 10.1 Å². The second kappa shape index (κ2) is 7.95. The minimum absolute atomic E-state index is 0.0382. The Kier molecular flexibility index (Phi) is 6.60. The van der Waals surface area contributed by atoms with Gasteiger partial charge in [-0.15, -0.1) is 0 Å². The summed E-state index contributed by atoms with van der Waals surface area (Å²) in [6.45, 7) is 24.1. The summed E-state index contributed by atoms with van der Waals surface area (Å²) in [4.78, 5) is 0. The van der Waals surface area contributed by atoms with Gasteiger partial charge >= 0.3 is 0 Å². The van der Waals surface area contributed by atoms with Crippen molar-refractivity contribution in [3.05, 3.63) is 58.7 Å². The highest BCUT2D eigenvalue weighted by Gasteiger charge is 2.29. The first-order valence-corrected chi connectivity index (χ1v) is 12.8. The van der Waals surface area contributed by atoms with Crippen LogP contribution in [0.5, 0.6) is 0 Å². The molecule has 2 aromatic rings. The quantitative estimate of drug-likeness (QED) is 0.542.